The Hall–Kier alpha value is -3.02. The van der Waals surface area contributed by atoms with Gasteiger partial charge in [0.15, 0.2) is 0 Å². The first-order valence-corrected chi connectivity index (χ1v) is 12.3. The van der Waals surface area contributed by atoms with Gasteiger partial charge in [-0.05, 0) is 71.4 Å². The minimum Gasteiger partial charge on any atom is -0.402 e. The standard InChI is InChI=1S/C26H34N5O2P/c1-16(27)11-22-13-18-5-3-6-19(12-18)20-8-9-25(31-33)21(14-20)15-23(28)26(32)30-24(7-4-10-34)17(2)29-22/h3,5-6,8-9,12,14,22-24,29H,1-2,4,7,10-11,13,15,27-28,34H2,(H,30,32)/t22?,23?,24-/m0/s1. The number of nitrogens with zero attached hydrogens (tertiary/aromatic N) is 1. The summed E-state index contributed by atoms with van der Waals surface area (Å²) >= 11 is 0. The van der Waals surface area contributed by atoms with Crippen LogP contribution >= 0.6 is 9.24 Å². The minimum atomic E-state index is -0.835. The van der Waals surface area contributed by atoms with Crippen molar-refractivity contribution in [2.24, 2.45) is 16.6 Å². The molecule has 0 fully saturated rings. The molecule has 0 spiro atoms. The fraction of sp³-hybridized carbons (Fsp3) is 0.346. The van der Waals surface area contributed by atoms with Crippen LogP contribution in [0.1, 0.15) is 30.4 Å². The van der Waals surface area contributed by atoms with Gasteiger partial charge >= 0.3 is 0 Å². The predicted octanol–water partition coefficient (Wildman–Crippen LogP) is 3.65. The van der Waals surface area contributed by atoms with Crippen LogP contribution in [0.5, 0.6) is 0 Å². The smallest absolute Gasteiger partial charge is 0.237 e. The first kappa shape index (κ1) is 25.6. The zero-order valence-electron chi connectivity index (χ0n) is 19.4. The van der Waals surface area contributed by atoms with Crippen LogP contribution in [0, 0.1) is 4.91 Å². The van der Waals surface area contributed by atoms with Gasteiger partial charge in [0.2, 0.25) is 5.91 Å². The Morgan fingerprint density at radius 1 is 1.15 bits per heavy atom. The summed E-state index contributed by atoms with van der Waals surface area (Å²) in [5.74, 6) is -0.297. The van der Waals surface area contributed by atoms with E-state index in [1.54, 1.807) is 6.07 Å². The van der Waals surface area contributed by atoms with Gasteiger partial charge in [-0.1, -0.05) is 43.5 Å². The molecule has 180 valence electrons. The summed E-state index contributed by atoms with van der Waals surface area (Å²) < 4.78 is 0. The van der Waals surface area contributed by atoms with Gasteiger partial charge in [-0.15, -0.1) is 14.1 Å². The van der Waals surface area contributed by atoms with Crippen LogP contribution < -0.4 is 22.1 Å². The molecule has 0 saturated heterocycles. The molecule has 3 rings (SSSR count). The number of carbonyl (C=O) groups is 1. The van der Waals surface area contributed by atoms with Crippen LogP contribution in [0.25, 0.3) is 11.1 Å². The van der Waals surface area contributed by atoms with Gasteiger partial charge in [0.25, 0.3) is 0 Å². The maximum Gasteiger partial charge on any atom is 0.237 e. The maximum atomic E-state index is 13.0. The Bertz CT molecular complexity index is 1070. The topological polar surface area (TPSA) is 123 Å². The number of nitrogens with two attached hydrogens (primary N) is 2. The lowest BCUT2D eigenvalue weighted by Crippen LogP contribution is -2.49. The molecule has 0 aromatic heterocycles. The summed E-state index contributed by atoms with van der Waals surface area (Å²) in [6, 6.07) is 12.5. The lowest BCUT2D eigenvalue weighted by Gasteiger charge is -2.28. The molecular formula is C26H34N5O2P. The summed E-state index contributed by atoms with van der Waals surface area (Å²) in [6.07, 6.45) is 3.99. The molecule has 4 atom stereocenters. The third-order valence-corrected chi connectivity index (χ3v) is 6.44. The van der Waals surface area contributed by atoms with Gasteiger partial charge in [-0.3, -0.25) is 4.79 Å². The van der Waals surface area contributed by atoms with Crippen LogP contribution in [0.2, 0.25) is 0 Å². The fourth-order valence-corrected chi connectivity index (χ4v) is 4.53. The molecule has 1 aliphatic heterocycles. The van der Waals surface area contributed by atoms with Crippen LogP contribution in [0.15, 0.2) is 72.2 Å². The van der Waals surface area contributed by atoms with Gasteiger partial charge < -0.3 is 22.1 Å². The van der Waals surface area contributed by atoms with Crippen LogP contribution in [-0.2, 0) is 17.6 Å². The monoisotopic (exact) mass is 479 g/mol. The van der Waals surface area contributed by atoms with E-state index in [1.165, 1.54) is 0 Å². The average molecular weight is 480 g/mol. The van der Waals surface area contributed by atoms with E-state index in [0.29, 0.717) is 35.5 Å². The number of rotatable bonds is 6. The third-order valence-electron chi connectivity index (χ3n) is 6.03. The van der Waals surface area contributed by atoms with E-state index < -0.39 is 6.04 Å². The first-order valence-electron chi connectivity index (χ1n) is 11.5. The van der Waals surface area contributed by atoms with Crippen molar-refractivity contribution >= 4 is 20.8 Å². The van der Waals surface area contributed by atoms with Gasteiger partial charge in [-0.2, -0.15) is 0 Å². The van der Waals surface area contributed by atoms with Crippen LogP contribution in [0.4, 0.5) is 5.69 Å². The van der Waals surface area contributed by atoms with Crippen molar-refractivity contribution in [1.82, 2.24) is 10.6 Å². The zero-order chi connectivity index (χ0) is 24.7. The predicted molar refractivity (Wildman–Crippen MR) is 142 cm³/mol. The van der Waals surface area contributed by atoms with E-state index in [-0.39, 0.29) is 24.4 Å². The highest BCUT2D eigenvalue weighted by Gasteiger charge is 2.24. The number of fused-ring (bicyclic) bond motifs is 5. The van der Waals surface area contributed by atoms with E-state index in [2.05, 4.69) is 50.3 Å². The Kier molecular flexibility index (Phi) is 8.97. The van der Waals surface area contributed by atoms with Crippen molar-refractivity contribution < 1.29 is 4.79 Å². The zero-order valence-corrected chi connectivity index (χ0v) is 20.6. The lowest BCUT2D eigenvalue weighted by atomic mass is 9.95. The molecule has 4 bridgehead atoms. The van der Waals surface area contributed by atoms with Crippen molar-refractivity contribution in [1.29, 1.82) is 0 Å². The molecule has 0 radical (unpaired) electrons. The molecular weight excluding hydrogens is 445 g/mol. The molecule has 6 N–H and O–H groups in total. The van der Waals surface area contributed by atoms with Crippen LogP contribution in [-0.4, -0.2) is 30.2 Å². The third kappa shape index (κ3) is 6.75. The van der Waals surface area contributed by atoms with Gasteiger partial charge in [0.05, 0.1) is 12.1 Å². The molecule has 1 heterocycles. The fourth-order valence-electron chi connectivity index (χ4n) is 4.30. The second-order valence-electron chi connectivity index (χ2n) is 8.87. The molecule has 1 aliphatic rings. The van der Waals surface area contributed by atoms with Gasteiger partial charge in [-0.25, -0.2) is 0 Å². The van der Waals surface area contributed by atoms with E-state index in [0.717, 1.165) is 35.7 Å². The second kappa shape index (κ2) is 11.9. The summed E-state index contributed by atoms with van der Waals surface area (Å²) in [6.45, 7) is 8.12. The molecule has 1 amide bonds. The molecule has 2 aromatic carbocycles. The van der Waals surface area contributed by atoms with Crippen molar-refractivity contribution in [2.75, 3.05) is 6.16 Å². The first-order chi connectivity index (χ1) is 16.3. The molecule has 34 heavy (non-hydrogen) atoms. The quantitative estimate of drug-likeness (QED) is 0.372. The maximum absolute atomic E-state index is 13.0. The highest BCUT2D eigenvalue weighted by atomic mass is 31.0. The van der Waals surface area contributed by atoms with Crippen LogP contribution in [0.3, 0.4) is 0 Å². The Balaban J connectivity index is 2.06. The summed E-state index contributed by atoms with van der Waals surface area (Å²) in [4.78, 5) is 24.4. The molecule has 3 unspecified atom stereocenters. The van der Waals surface area contributed by atoms with Crippen molar-refractivity contribution in [3.05, 3.63) is 83.1 Å². The SMILES string of the molecule is C=C(N)CC1Cc2cccc(c2)-c2ccc(N=O)c(c2)CC(N)C(=O)N[C@@H](CCCP)C(=C)N1. The van der Waals surface area contributed by atoms with Gasteiger partial charge in [0.1, 0.15) is 5.69 Å². The molecule has 0 aliphatic carbocycles. The minimum absolute atomic E-state index is 0.0355. The number of hydrogen-bond donors (Lipinski definition) is 4. The average Bonchev–Trinajstić information content (AvgIpc) is 2.80. The van der Waals surface area contributed by atoms with E-state index >= 15 is 0 Å². The molecule has 2 aromatic rings. The Morgan fingerprint density at radius 2 is 1.91 bits per heavy atom. The molecule has 0 saturated carbocycles. The summed E-state index contributed by atoms with van der Waals surface area (Å²) in [5, 5.41) is 9.69. The number of amides is 1. The molecule has 8 heteroatoms. The van der Waals surface area contributed by atoms with E-state index in [9.17, 15) is 9.70 Å². The van der Waals surface area contributed by atoms with Gasteiger partial charge in [0, 0.05) is 23.9 Å². The normalized spacial score (nSPS) is 20.9. The largest absolute Gasteiger partial charge is 0.402 e. The highest BCUT2D eigenvalue weighted by Crippen LogP contribution is 2.29. The molecule has 7 nitrogen and oxygen atoms in total. The summed E-state index contributed by atoms with van der Waals surface area (Å²) in [5.41, 5.74) is 17.5. The van der Waals surface area contributed by atoms with Crippen molar-refractivity contribution in [2.45, 2.75) is 50.2 Å². The number of carbonyl (C=O) groups excluding carboxylic acids is 1. The Labute approximate surface area is 203 Å². The number of nitrogens with one attached hydrogen (secondary N) is 2. The van der Waals surface area contributed by atoms with Crippen molar-refractivity contribution in [3.63, 3.8) is 0 Å². The highest BCUT2D eigenvalue weighted by molar-refractivity contribution is 7.16. The van der Waals surface area contributed by atoms with E-state index in [4.69, 9.17) is 11.5 Å². The number of hydrogen-bond acceptors (Lipinski definition) is 6. The van der Waals surface area contributed by atoms with E-state index in [1.807, 2.05) is 24.3 Å². The second-order valence-corrected chi connectivity index (χ2v) is 9.45. The summed E-state index contributed by atoms with van der Waals surface area (Å²) in [7, 11) is 2.71. The number of benzene rings is 2. The van der Waals surface area contributed by atoms with Crippen molar-refractivity contribution in [3.8, 4) is 11.1 Å². The Morgan fingerprint density at radius 3 is 2.62 bits per heavy atom. The lowest BCUT2D eigenvalue weighted by molar-refractivity contribution is -0.122. The number of nitroso groups, excluding NO2 is 1.